The van der Waals surface area contributed by atoms with Crippen LogP contribution in [0.25, 0.3) is 0 Å². The molecule has 232 valence electrons. The van der Waals surface area contributed by atoms with Gasteiger partial charge in [0.05, 0.1) is 19.3 Å². The van der Waals surface area contributed by atoms with Crippen LogP contribution in [0.2, 0.25) is 6.82 Å². The lowest BCUT2D eigenvalue weighted by atomic mass is 10.0. The van der Waals surface area contributed by atoms with Gasteiger partial charge in [0.15, 0.2) is 0 Å². The highest BCUT2D eigenvalue weighted by Crippen LogP contribution is 2.11. The highest BCUT2D eigenvalue weighted by Gasteiger charge is 2.14. The molecule has 14 heteroatoms. The quantitative estimate of drug-likeness (QED) is 0.0847. The van der Waals surface area contributed by atoms with Gasteiger partial charge in [0.2, 0.25) is 16.0 Å². The Balaban J connectivity index is 0.000000631. The fraction of sp³-hybridized carbons (Fsp3) is 0.156. The monoisotopic (exact) mass is 612 g/mol. The normalized spacial score (nSPS) is 9.24. The Bertz CT molecular complexity index is 1300. The summed E-state index contributed by atoms with van der Waals surface area (Å²) in [5.41, 5.74) is 7.37. The predicted molar refractivity (Wildman–Crippen MR) is 193 cm³/mol. The van der Waals surface area contributed by atoms with Crippen LogP contribution in [0.15, 0.2) is 132 Å². The van der Waals surface area contributed by atoms with E-state index in [0.717, 1.165) is 33.7 Å². The third-order valence-electron chi connectivity index (χ3n) is 5.07. The van der Waals surface area contributed by atoms with Crippen molar-refractivity contribution in [2.45, 2.75) is 33.2 Å². The van der Waals surface area contributed by atoms with Crippen LogP contribution in [-0.4, -0.2) is 54.9 Å². The lowest BCUT2D eigenvalue weighted by Crippen LogP contribution is -2.39. The van der Waals surface area contributed by atoms with Gasteiger partial charge in [-0.2, -0.15) is 10.2 Å². The van der Waals surface area contributed by atoms with Crippen LogP contribution in [0.5, 0.6) is 0 Å². The first kappa shape index (κ1) is 41.2. The van der Waals surface area contributed by atoms with Crippen molar-refractivity contribution in [1.29, 1.82) is 0 Å². The SMILES string of the molecule is NN=C(c1ccccc1)c1ccccc1.[B]C.[B]NN.[B]NN=C(c1ccccc1)c1ccccc1.[B]NNC(=O)OC(C)(C)C. The molecule has 0 aromatic heterocycles. The zero-order chi connectivity index (χ0) is 34.6. The van der Waals surface area contributed by atoms with Gasteiger partial charge in [-0.05, 0) is 20.8 Å². The summed E-state index contributed by atoms with van der Waals surface area (Å²) in [7, 11) is 18.9. The number of nitrogens with two attached hydrogens (primary N) is 2. The molecule has 0 saturated carbocycles. The molecule has 0 heterocycles. The highest BCUT2D eigenvalue weighted by atomic mass is 16.6. The minimum atomic E-state index is -0.588. The number of hydrazone groups is 2. The van der Waals surface area contributed by atoms with Crippen molar-refractivity contribution in [3.05, 3.63) is 144 Å². The maximum Gasteiger partial charge on any atom is 0.421 e. The number of hydrogen-bond donors (Lipinski definition) is 6. The number of carbonyl (C=O) groups excluding carboxylic acids is 1. The number of rotatable bonds is 6. The van der Waals surface area contributed by atoms with Gasteiger partial charge in [0.25, 0.3) is 7.98 Å². The summed E-state index contributed by atoms with van der Waals surface area (Å²) in [4.78, 5) is 10.6. The van der Waals surface area contributed by atoms with Crippen LogP contribution in [0.4, 0.5) is 4.79 Å². The van der Waals surface area contributed by atoms with Crippen LogP contribution in [0.3, 0.4) is 0 Å². The van der Waals surface area contributed by atoms with Crippen LogP contribution in [-0.2, 0) is 4.74 Å². The second-order valence-corrected chi connectivity index (χ2v) is 9.47. The molecule has 46 heavy (non-hydrogen) atoms. The van der Waals surface area contributed by atoms with Crippen molar-refractivity contribution in [3.8, 4) is 0 Å². The summed E-state index contributed by atoms with van der Waals surface area (Å²) in [5.74, 6) is 9.80. The zero-order valence-electron chi connectivity index (χ0n) is 26.7. The van der Waals surface area contributed by atoms with Gasteiger partial charge >= 0.3 is 6.09 Å². The Kier molecular flexibility index (Phi) is 22.9. The molecule has 4 aromatic carbocycles. The minimum absolute atomic E-state index is 0.485. The summed E-state index contributed by atoms with van der Waals surface area (Å²) in [5, 5.41) is 14.0. The van der Waals surface area contributed by atoms with E-state index in [1.165, 1.54) is 6.82 Å². The van der Waals surface area contributed by atoms with Crippen molar-refractivity contribution in [2.24, 2.45) is 21.9 Å². The average molecular weight is 612 g/mol. The molecule has 0 bridgehead atoms. The number of hydrogen-bond acceptors (Lipinski definition) is 9. The van der Waals surface area contributed by atoms with Gasteiger partial charge in [-0.1, -0.05) is 128 Å². The molecular weight excluding hydrogens is 572 g/mol. The molecule has 0 spiro atoms. The van der Waals surface area contributed by atoms with Gasteiger partial charge in [-0.3, -0.25) is 16.6 Å². The van der Waals surface area contributed by atoms with Gasteiger partial charge in [-0.15, -0.1) is 0 Å². The Morgan fingerprint density at radius 3 is 1.20 bits per heavy atom. The Morgan fingerprint density at radius 1 is 0.652 bits per heavy atom. The molecule has 0 aliphatic rings. The van der Waals surface area contributed by atoms with E-state index < -0.39 is 11.7 Å². The van der Waals surface area contributed by atoms with Crippen molar-refractivity contribution >= 4 is 49.3 Å². The van der Waals surface area contributed by atoms with E-state index >= 15 is 0 Å². The smallest absolute Gasteiger partial charge is 0.421 e. The Labute approximate surface area is 278 Å². The molecule has 0 aliphatic heterocycles. The van der Waals surface area contributed by atoms with Crippen LogP contribution in [0.1, 0.15) is 43.0 Å². The number of carbonyl (C=O) groups is 1. The number of ether oxygens (including phenoxy) is 1. The standard InChI is InChI=1S/C13H11BN2.C13H12N2.C5H11BN2O2.CH3B.BH3N2/c14-16-15-13(11-7-3-1-4-8-11)12-9-5-2-6-10-12;14-15-13(11-7-3-1-4-8-11)12-9-5-2-6-10-12;1-5(2,3)10-4(9)7-8-6;1-2;1-3-2/h1-10,16H;1-10H,14H2;8H,1-3H3,(H,7,9);1H3;3H,2H2. The fourth-order valence-corrected chi connectivity index (χ4v) is 3.42. The zero-order valence-corrected chi connectivity index (χ0v) is 26.7. The molecule has 0 aliphatic carbocycles. The Morgan fingerprint density at radius 2 is 0.957 bits per heavy atom. The second-order valence-electron chi connectivity index (χ2n) is 9.47. The number of benzene rings is 4. The first-order chi connectivity index (χ1) is 22.2. The molecule has 0 unspecified atom stereocenters. The number of hydrazine groups is 2. The van der Waals surface area contributed by atoms with E-state index in [-0.39, 0.29) is 0 Å². The van der Waals surface area contributed by atoms with E-state index in [9.17, 15) is 4.79 Å². The number of amides is 1. The molecule has 8 N–H and O–H groups in total. The van der Waals surface area contributed by atoms with E-state index in [2.05, 4.69) is 42.6 Å². The average Bonchev–Trinajstić information content (AvgIpc) is 3.07. The van der Waals surface area contributed by atoms with E-state index in [1.807, 2.05) is 127 Å². The summed E-state index contributed by atoms with van der Waals surface area (Å²) in [6, 6.07) is 39.7. The lowest BCUT2D eigenvalue weighted by Gasteiger charge is -2.19. The van der Waals surface area contributed by atoms with E-state index in [0.29, 0.717) is 0 Å². The lowest BCUT2D eigenvalue weighted by molar-refractivity contribution is 0.0516. The molecule has 10 nitrogen and oxygen atoms in total. The Hall–Kier alpha value is -4.77. The molecule has 4 aromatic rings. The third-order valence-corrected chi connectivity index (χ3v) is 5.07. The molecular formula is C32H40B4N8O2. The van der Waals surface area contributed by atoms with E-state index in [4.69, 9.17) is 26.5 Å². The molecule has 0 atom stereocenters. The number of nitrogens with one attached hydrogen (secondary N) is 4. The summed E-state index contributed by atoms with van der Waals surface area (Å²) < 4.78 is 4.79. The fourth-order valence-electron chi connectivity index (χ4n) is 3.42. The van der Waals surface area contributed by atoms with Crippen LogP contribution in [0, 0.1) is 0 Å². The molecule has 1 amide bonds. The predicted octanol–water partition coefficient (Wildman–Crippen LogP) is 3.35. The van der Waals surface area contributed by atoms with Crippen LogP contribution >= 0.6 is 0 Å². The minimum Gasteiger partial charge on any atom is -0.443 e. The first-order valence-corrected chi connectivity index (χ1v) is 13.9. The van der Waals surface area contributed by atoms with Gasteiger partial charge in [0, 0.05) is 22.3 Å². The van der Waals surface area contributed by atoms with Gasteiger partial charge < -0.3 is 21.3 Å². The summed E-state index contributed by atoms with van der Waals surface area (Å²) in [6.07, 6.45) is -0.588. The summed E-state index contributed by atoms with van der Waals surface area (Å²) in [6.45, 7) is 6.80. The third kappa shape index (κ3) is 18.1. The van der Waals surface area contributed by atoms with Gasteiger partial charge in [-0.25, -0.2) is 4.79 Å². The maximum atomic E-state index is 10.6. The topological polar surface area (TPSA) is 151 Å². The van der Waals surface area contributed by atoms with Crippen molar-refractivity contribution < 1.29 is 9.53 Å². The van der Waals surface area contributed by atoms with Gasteiger partial charge in [0.1, 0.15) is 5.60 Å². The molecule has 0 fully saturated rings. The largest absolute Gasteiger partial charge is 0.443 e. The molecule has 4 rings (SSSR count). The summed E-state index contributed by atoms with van der Waals surface area (Å²) >= 11 is 0. The number of nitrogens with zero attached hydrogens (tertiary/aromatic N) is 2. The molecule has 0 saturated heterocycles. The second kappa shape index (κ2) is 25.5. The van der Waals surface area contributed by atoms with E-state index in [1.54, 1.807) is 26.1 Å². The highest BCUT2D eigenvalue weighted by molar-refractivity contribution is 6.14. The van der Waals surface area contributed by atoms with Crippen molar-refractivity contribution in [1.82, 2.24) is 21.4 Å². The van der Waals surface area contributed by atoms with Crippen molar-refractivity contribution in [2.75, 3.05) is 0 Å². The molecule has 8 radical (unpaired) electrons. The van der Waals surface area contributed by atoms with Crippen molar-refractivity contribution in [3.63, 3.8) is 0 Å². The first-order valence-electron chi connectivity index (χ1n) is 13.9. The maximum absolute atomic E-state index is 10.6. The van der Waals surface area contributed by atoms with Crippen LogP contribution < -0.4 is 33.1 Å².